The van der Waals surface area contributed by atoms with Gasteiger partial charge in [-0.25, -0.2) is 4.79 Å². The molecule has 3 nitrogen and oxygen atoms in total. The maximum atomic E-state index is 11.1. The molecule has 0 unspecified atom stereocenters. The topological polar surface area (TPSA) is 46.3 Å². The van der Waals surface area contributed by atoms with Crippen LogP contribution in [-0.4, -0.2) is 24.0 Å². The first-order valence-corrected chi connectivity index (χ1v) is 5.78. The Hall–Kier alpha value is -1.51. The van der Waals surface area contributed by atoms with Crippen molar-refractivity contribution in [1.29, 1.82) is 0 Å². The third-order valence-electron chi connectivity index (χ3n) is 3.41. The lowest BCUT2D eigenvalue weighted by Gasteiger charge is -2.50. The molecular weight excluding hydrogens is 200 g/mol. The van der Waals surface area contributed by atoms with E-state index in [0.29, 0.717) is 0 Å². The van der Waals surface area contributed by atoms with Gasteiger partial charge >= 0.3 is 6.03 Å². The zero-order valence-electron chi connectivity index (χ0n) is 9.65. The van der Waals surface area contributed by atoms with Crippen LogP contribution in [0, 0.1) is 0 Å². The first-order valence-electron chi connectivity index (χ1n) is 5.78. The van der Waals surface area contributed by atoms with Gasteiger partial charge in [0.25, 0.3) is 0 Å². The van der Waals surface area contributed by atoms with Crippen LogP contribution < -0.4 is 5.73 Å². The largest absolute Gasteiger partial charge is 0.351 e. The van der Waals surface area contributed by atoms with Crippen molar-refractivity contribution >= 4 is 6.03 Å². The van der Waals surface area contributed by atoms with Gasteiger partial charge in [-0.1, -0.05) is 43.7 Å². The van der Waals surface area contributed by atoms with E-state index < -0.39 is 0 Å². The molecule has 3 heteroatoms. The molecule has 1 heterocycles. The molecule has 1 fully saturated rings. The highest BCUT2D eigenvalue weighted by Crippen LogP contribution is 2.38. The standard InChI is InChI=1S/C13H18N2O/c1-2-8-13(9-15(10-13)12(14)16)11-6-4-3-5-7-11/h3-7H,2,8-10H2,1H3,(H2,14,16). The minimum Gasteiger partial charge on any atom is -0.351 e. The van der Waals surface area contributed by atoms with E-state index in [1.807, 2.05) is 6.07 Å². The summed E-state index contributed by atoms with van der Waals surface area (Å²) in [6.45, 7) is 3.71. The Balaban J connectivity index is 2.17. The number of amides is 2. The Bertz CT molecular complexity index is 369. The molecule has 2 N–H and O–H groups in total. The lowest BCUT2D eigenvalue weighted by Crippen LogP contribution is -2.62. The number of primary amides is 1. The summed E-state index contributed by atoms with van der Waals surface area (Å²) < 4.78 is 0. The van der Waals surface area contributed by atoms with Gasteiger partial charge in [0.15, 0.2) is 0 Å². The Morgan fingerprint density at radius 1 is 1.38 bits per heavy atom. The van der Waals surface area contributed by atoms with Gasteiger partial charge in [-0.05, 0) is 12.0 Å². The molecule has 0 bridgehead atoms. The molecule has 1 aliphatic rings. The van der Waals surface area contributed by atoms with E-state index in [-0.39, 0.29) is 11.4 Å². The molecule has 2 amide bonds. The van der Waals surface area contributed by atoms with Gasteiger partial charge in [0.1, 0.15) is 0 Å². The van der Waals surface area contributed by atoms with Gasteiger partial charge < -0.3 is 10.6 Å². The SMILES string of the molecule is CCCC1(c2ccccc2)CN(C(N)=O)C1. The van der Waals surface area contributed by atoms with E-state index in [2.05, 4.69) is 31.2 Å². The molecule has 2 rings (SSSR count). The number of urea groups is 1. The predicted octanol–water partition coefficient (Wildman–Crippen LogP) is 2.12. The van der Waals surface area contributed by atoms with E-state index in [1.54, 1.807) is 4.90 Å². The van der Waals surface area contributed by atoms with Gasteiger partial charge in [0.05, 0.1) is 0 Å². The number of rotatable bonds is 3. The van der Waals surface area contributed by atoms with Crippen molar-refractivity contribution in [2.24, 2.45) is 5.73 Å². The highest BCUT2D eigenvalue weighted by atomic mass is 16.2. The molecule has 0 atom stereocenters. The number of benzene rings is 1. The second-order valence-electron chi connectivity index (χ2n) is 4.59. The van der Waals surface area contributed by atoms with Gasteiger partial charge in [0.2, 0.25) is 0 Å². The minimum absolute atomic E-state index is 0.144. The third kappa shape index (κ3) is 1.77. The van der Waals surface area contributed by atoms with Crippen LogP contribution >= 0.6 is 0 Å². The summed E-state index contributed by atoms with van der Waals surface area (Å²) in [5.41, 5.74) is 6.75. The number of hydrogen-bond donors (Lipinski definition) is 1. The van der Waals surface area contributed by atoms with Crippen molar-refractivity contribution < 1.29 is 4.79 Å². The molecule has 0 spiro atoms. The second-order valence-corrected chi connectivity index (χ2v) is 4.59. The summed E-state index contributed by atoms with van der Waals surface area (Å²) in [6, 6.07) is 10.1. The molecule has 0 aromatic heterocycles. The first-order chi connectivity index (χ1) is 7.68. The fourth-order valence-electron chi connectivity index (χ4n) is 2.60. The van der Waals surface area contributed by atoms with Crippen LogP contribution in [0.25, 0.3) is 0 Å². The molecule has 0 saturated carbocycles. The predicted molar refractivity (Wildman–Crippen MR) is 64.2 cm³/mol. The van der Waals surface area contributed by atoms with Crippen LogP contribution in [0.15, 0.2) is 30.3 Å². The average Bonchev–Trinajstić information content (AvgIpc) is 2.23. The van der Waals surface area contributed by atoms with E-state index in [9.17, 15) is 4.79 Å². The van der Waals surface area contributed by atoms with Crippen LogP contribution in [0.1, 0.15) is 25.3 Å². The number of nitrogens with zero attached hydrogens (tertiary/aromatic N) is 1. The van der Waals surface area contributed by atoms with Gasteiger partial charge in [-0.3, -0.25) is 0 Å². The second kappa shape index (κ2) is 4.16. The molecular formula is C13H18N2O. The van der Waals surface area contributed by atoms with Crippen molar-refractivity contribution in [3.8, 4) is 0 Å². The molecule has 1 aliphatic heterocycles. The fraction of sp³-hybridized carbons (Fsp3) is 0.462. The number of likely N-dealkylation sites (tertiary alicyclic amines) is 1. The molecule has 0 radical (unpaired) electrons. The zero-order chi connectivity index (χ0) is 11.6. The summed E-state index contributed by atoms with van der Waals surface area (Å²) in [5, 5.41) is 0. The van der Waals surface area contributed by atoms with Crippen LogP contribution in [0.5, 0.6) is 0 Å². The Morgan fingerprint density at radius 2 is 2.00 bits per heavy atom. The van der Waals surface area contributed by atoms with E-state index >= 15 is 0 Å². The highest BCUT2D eigenvalue weighted by molar-refractivity contribution is 5.73. The van der Waals surface area contributed by atoms with Gasteiger partial charge in [0, 0.05) is 18.5 Å². The van der Waals surface area contributed by atoms with Crippen LogP contribution in [-0.2, 0) is 5.41 Å². The Labute approximate surface area is 96.2 Å². The normalized spacial score (nSPS) is 17.9. The molecule has 1 aromatic carbocycles. The van der Waals surface area contributed by atoms with E-state index in [1.165, 1.54) is 5.56 Å². The quantitative estimate of drug-likeness (QED) is 0.830. The van der Waals surface area contributed by atoms with Crippen molar-refractivity contribution in [3.05, 3.63) is 35.9 Å². The molecule has 1 aromatic rings. The molecule has 0 aliphatic carbocycles. The van der Waals surface area contributed by atoms with Crippen molar-refractivity contribution in [2.75, 3.05) is 13.1 Å². The first kappa shape index (κ1) is 11.0. The summed E-state index contributed by atoms with van der Waals surface area (Å²) >= 11 is 0. The zero-order valence-corrected chi connectivity index (χ0v) is 9.65. The smallest absolute Gasteiger partial charge is 0.314 e. The Morgan fingerprint density at radius 3 is 2.50 bits per heavy atom. The maximum Gasteiger partial charge on any atom is 0.314 e. The molecule has 16 heavy (non-hydrogen) atoms. The Kier molecular flexibility index (Phi) is 2.86. The monoisotopic (exact) mass is 218 g/mol. The van der Waals surface area contributed by atoms with Crippen LogP contribution in [0.4, 0.5) is 4.79 Å². The molecule has 1 saturated heterocycles. The molecule has 86 valence electrons. The average molecular weight is 218 g/mol. The lowest BCUT2D eigenvalue weighted by atomic mass is 9.71. The number of carbonyl (C=O) groups is 1. The van der Waals surface area contributed by atoms with E-state index in [0.717, 1.165) is 25.9 Å². The van der Waals surface area contributed by atoms with Crippen LogP contribution in [0.2, 0.25) is 0 Å². The van der Waals surface area contributed by atoms with Crippen molar-refractivity contribution in [2.45, 2.75) is 25.2 Å². The third-order valence-corrected chi connectivity index (χ3v) is 3.41. The number of carbonyl (C=O) groups excluding carboxylic acids is 1. The summed E-state index contributed by atoms with van der Waals surface area (Å²) in [4.78, 5) is 12.8. The van der Waals surface area contributed by atoms with E-state index in [4.69, 9.17) is 5.73 Å². The number of hydrogen-bond acceptors (Lipinski definition) is 1. The van der Waals surface area contributed by atoms with Gasteiger partial charge in [-0.2, -0.15) is 0 Å². The summed E-state index contributed by atoms with van der Waals surface area (Å²) in [7, 11) is 0. The summed E-state index contributed by atoms with van der Waals surface area (Å²) in [5.74, 6) is 0. The van der Waals surface area contributed by atoms with Crippen molar-refractivity contribution in [1.82, 2.24) is 4.90 Å². The lowest BCUT2D eigenvalue weighted by molar-refractivity contribution is 0.0900. The number of nitrogens with two attached hydrogens (primary N) is 1. The highest BCUT2D eigenvalue weighted by Gasteiger charge is 2.44. The van der Waals surface area contributed by atoms with Crippen LogP contribution in [0.3, 0.4) is 0 Å². The fourth-order valence-corrected chi connectivity index (χ4v) is 2.60. The minimum atomic E-state index is -0.303. The van der Waals surface area contributed by atoms with Gasteiger partial charge in [-0.15, -0.1) is 0 Å². The summed E-state index contributed by atoms with van der Waals surface area (Å²) in [6.07, 6.45) is 2.24. The van der Waals surface area contributed by atoms with Crippen molar-refractivity contribution in [3.63, 3.8) is 0 Å². The maximum absolute atomic E-state index is 11.1.